The summed E-state index contributed by atoms with van der Waals surface area (Å²) in [6.07, 6.45) is 2.26. The molecule has 0 aromatic heterocycles. The second-order valence-electron chi connectivity index (χ2n) is 5.84. The van der Waals surface area contributed by atoms with E-state index in [1.807, 2.05) is 4.90 Å². The highest BCUT2D eigenvalue weighted by molar-refractivity contribution is 5.79. The fourth-order valence-electron chi connectivity index (χ4n) is 3.06. The van der Waals surface area contributed by atoms with E-state index < -0.39 is 6.09 Å². The first-order valence-corrected chi connectivity index (χ1v) is 6.99. The lowest BCUT2D eigenvalue weighted by Crippen LogP contribution is -2.47. The number of carbonyl (C=O) groups excluding carboxylic acids is 1. The van der Waals surface area contributed by atoms with Crippen LogP contribution in [0.4, 0.5) is 4.79 Å². The summed E-state index contributed by atoms with van der Waals surface area (Å²) in [6, 6.07) is 0. The highest BCUT2D eigenvalue weighted by atomic mass is 16.4. The highest BCUT2D eigenvalue weighted by Gasteiger charge is 2.38. The first-order chi connectivity index (χ1) is 9.02. The highest BCUT2D eigenvalue weighted by Crippen LogP contribution is 2.37. The number of amides is 2. The van der Waals surface area contributed by atoms with Crippen LogP contribution < -0.4 is 10.6 Å². The van der Waals surface area contributed by atoms with Crippen molar-refractivity contribution in [3.8, 4) is 0 Å². The maximum Gasteiger partial charge on any atom is 0.404 e. The summed E-state index contributed by atoms with van der Waals surface area (Å²) in [7, 11) is 0. The number of hydrogen-bond acceptors (Lipinski definition) is 3. The van der Waals surface area contributed by atoms with Crippen molar-refractivity contribution in [3.63, 3.8) is 0 Å². The zero-order chi connectivity index (χ0) is 13.9. The van der Waals surface area contributed by atoms with E-state index in [1.54, 1.807) is 6.92 Å². The third-order valence-corrected chi connectivity index (χ3v) is 4.45. The molecule has 0 radical (unpaired) electrons. The van der Waals surface area contributed by atoms with Crippen LogP contribution in [-0.2, 0) is 4.79 Å². The Bertz CT molecular complexity index is 343. The Morgan fingerprint density at radius 1 is 1.37 bits per heavy atom. The van der Waals surface area contributed by atoms with Crippen LogP contribution in [0.1, 0.15) is 26.2 Å². The molecule has 1 spiro atoms. The minimum Gasteiger partial charge on any atom is -0.465 e. The van der Waals surface area contributed by atoms with E-state index in [-0.39, 0.29) is 18.4 Å². The second-order valence-corrected chi connectivity index (χ2v) is 5.84. The van der Waals surface area contributed by atoms with Gasteiger partial charge in [-0.15, -0.1) is 0 Å². The standard InChI is InChI=1S/C13H23N3O3/c1-10(8-15-12(18)19)11(17)16-6-3-13(4-7-16)2-5-14-9-13/h10,14-15H,2-9H2,1H3,(H,18,19)/t10-/m1/s1. The number of piperidine rings is 1. The summed E-state index contributed by atoms with van der Waals surface area (Å²) in [5, 5.41) is 14.2. The Labute approximate surface area is 113 Å². The minimum atomic E-state index is -1.07. The topological polar surface area (TPSA) is 81.7 Å². The lowest BCUT2D eigenvalue weighted by Gasteiger charge is -2.39. The molecule has 0 aromatic carbocycles. The lowest BCUT2D eigenvalue weighted by atomic mass is 9.77. The molecule has 2 fully saturated rings. The summed E-state index contributed by atoms with van der Waals surface area (Å²) < 4.78 is 0. The second kappa shape index (κ2) is 5.77. The molecular formula is C13H23N3O3. The molecule has 2 aliphatic heterocycles. The molecule has 0 aromatic rings. The quantitative estimate of drug-likeness (QED) is 0.696. The summed E-state index contributed by atoms with van der Waals surface area (Å²) in [6.45, 7) is 5.74. The number of rotatable bonds is 3. The van der Waals surface area contributed by atoms with Gasteiger partial charge in [-0.1, -0.05) is 6.92 Å². The summed E-state index contributed by atoms with van der Waals surface area (Å²) in [5.41, 5.74) is 0.402. The average molecular weight is 269 g/mol. The summed E-state index contributed by atoms with van der Waals surface area (Å²) in [5.74, 6) is -0.221. The molecule has 2 heterocycles. The fraction of sp³-hybridized carbons (Fsp3) is 0.846. The fourth-order valence-corrected chi connectivity index (χ4v) is 3.06. The molecule has 2 aliphatic rings. The van der Waals surface area contributed by atoms with Gasteiger partial charge in [0.15, 0.2) is 0 Å². The van der Waals surface area contributed by atoms with Crippen LogP contribution in [0.5, 0.6) is 0 Å². The van der Waals surface area contributed by atoms with E-state index in [4.69, 9.17) is 5.11 Å². The first-order valence-electron chi connectivity index (χ1n) is 6.99. The van der Waals surface area contributed by atoms with Crippen molar-refractivity contribution >= 4 is 12.0 Å². The van der Waals surface area contributed by atoms with Crippen molar-refractivity contribution in [3.05, 3.63) is 0 Å². The predicted molar refractivity (Wildman–Crippen MR) is 70.9 cm³/mol. The molecular weight excluding hydrogens is 246 g/mol. The number of carboxylic acid groups (broad SMARTS) is 1. The van der Waals surface area contributed by atoms with Crippen LogP contribution >= 0.6 is 0 Å². The SMILES string of the molecule is C[C@H](CNC(=O)O)C(=O)N1CCC2(CCNC2)CC1. The van der Waals surface area contributed by atoms with Crippen LogP contribution in [0.3, 0.4) is 0 Å². The van der Waals surface area contributed by atoms with Crippen LogP contribution in [0.15, 0.2) is 0 Å². The van der Waals surface area contributed by atoms with Crippen LogP contribution in [0.25, 0.3) is 0 Å². The van der Waals surface area contributed by atoms with Crippen molar-refractivity contribution < 1.29 is 14.7 Å². The van der Waals surface area contributed by atoms with E-state index in [1.165, 1.54) is 6.42 Å². The molecule has 2 amide bonds. The van der Waals surface area contributed by atoms with E-state index in [2.05, 4.69) is 10.6 Å². The van der Waals surface area contributed by atoms with Gasteiger partial charge in [-0.05, 0) is 31.2 Å². The van der Waals surface area contributed by atoms with E-state index in [0.717, 1.165) is 39.0 Å². The van der Waals surface area contributed by atoms with Gasteiger partial charge < -0.3 is 20.6 Å². The molecule has 0 aliphatic carbocycles. The van der Waals surface area contributed by atoms with E-state index >= 15 is 0 Å². The molecule has 0 bridgehead atoms. The van der Waals surface area contributed by atoms with Crippen LogP contribution in [0.2, 0.25) is 0 Å². The molecule has 6 nitrogen and oxygen atoms in total. The average Bonchev–Trinajstić information content (AvgIpc) is 2.84. The smallest absolute Gasteiger partial charge is 0.404 e. The Hall–Kier alpha value is -1.30. The van der Waals surface area contributed by atoms with Gasteiger partial charge in [-0.25, -0.2) is 4.79 Å². The van der Waals surface area contributed by atoms with Gasteiger partial charge in [-0.3, -0.25) is 4.79 Å². The predicted octanol–water partition coefficient (Wildman–Crippen LogP) is 0.492. The Morgan fingerprint density at radius 2 is 2.05 bits per heavy atom. The number of nitrogens with one attached hydrogen (secondary N) is 2. The van der Waals surface area contributed by atoms with Gasteiger partial charge in [0, 0.05) is 26.2 Å². The van der Waals surface area contributed by atoms with Gasteiger partial charge in [-0.2, -0.15) is 0 Å². The zero-order valence-electron chi connectivity index (χ0n) is 11.4. The molecule has 19 heavy (non-hydrogen) atoms. The van der Waals surface area contributed by atoms with Gasteiger partial charge in [0.2, 0.25) is 5.91 Å². The van der Waals surface area contributed by atoms with Crippen LogP contribution in [-0.4, -0.2) is 54.7 Å². The van der Waals surface area contributed by atoms with E-state index in [0.29, 0.717) is 5.41 Å². The van der Waals surface area contributed by atoms with Crippen LogP contribution in [0, 0.1) is 11.3 Å². The van der Waals surface area contributed by atoms with Crippen molar-refractivity contribution in [2.45, 2.75) is 26.2 Å². The van der Waals surface area contributed by atoms with Crippen molar-refractivity contribution in [1.82, 2.24) is 15.5 Å². The molecule has 2 saturated heterocycles. The summed E-state index contributed by atoms with van der Waals surface area (Å²) in [4.78, 5) is 24.5. The normalized spacial score (nSPS) is 23.3. The number of likely N-dealkylation sites (tertiary alicyclic amines) is 1. The Morgan fingerprint density at radius 3 is 2.58 bits per heavy atom. The van der Waals surface area contributed by atoms with Gasteiger partial charge in [0.05, 0.1) is 5.92 Å². The lowest BCUT2D eigenvalue weighted by molar-refractivity contribution is -0.137. The first kappa shape index (κ1) is 14.1. The van der Waals surface area contributed by atoms with E-state index in [9.17, 15) is 9.59 Å². The summed E-state index contributed by atoms with van der Waals surface area (Å²) >= 11 is 0. The van der Waals surface area contributed by atoms with Crippen molar-refractivity contribution in [1.29, 1.82) is 0 Å². The van der Waals surface area contributed by atoms with Gasteiger partial charge in [0.1, 0.15) is 0 Å². The molecule has 1 atom stereocenters. The Kier molecular flexibility index (Phi) is 4.29. The monoisotopic (exact) mass is 269 g/mol. The Balaban J connectivity index is 1.80. The maximum absolute atomic E-state index is 12.2. The number of hydrogen-bond donors (Lipinski definition) is 3. The zero-order valence-corrected chi connectivity index (χ0v) is 11.4. The van der Waals surface area contributed by atoms with Crippen molar-refractivity contribution in [2.75, 3.05) is 32.7 Å². The third kappa shape index (κ3) is 3.37. The number of nitrogens with zero attached hydrogens (tertiary/aromatic N) is 1. The minimum absolute atomic E-state index is 0.0644. The van der Waals surface area contributed by atoms with Gasteiger partial charge in [0.25, 0.3) is 0 Å². The number of carbonyl (C=O) groups is 2. The van der Waals surface area contributed by atoms with Crippen molar-refractivity contribution in [2.24, 2.45) is 11.3 Å². The molecule has 108 valence electrons. The molecule has 6 heteroatoms. The maximum atomic E-state index is 12.2. The largest absolute Gasteiger partial charge is 0.465 e. The molecule has 0 unspecified atom stereocenters. The van der Waals surface area contributed by atoms with Gasteiger partial charge >= 0.3 is 6.09 Å². The molecule has 2 rings (SSSR count). The molecule has 3 N–H and O–H groups in total. The third-order valence-electron chi connectivity index (χ3n) is 4.45. The molecule has 0 saturated carbocycles.